The second-order valence-electron chi connectivity index (χ2n) is 34.0. The summed E-state index contributed by atoms with van der Waals surface area (Å²) in [6.07, 6.45) is 4.53. The van der Waals surface area contributed by atoms with Gasteiger partial charge in [-0.15, -0.1) is 0 Å². The van der Waals surface area contributed by atoms with Crippen LogP contribution in [-0.2, 0) is 37.9 Å². The monoisotopic (exact) mass is 1210 g/mol. The van der Waals surface area contributed by atoms with Gasteiger partial charge in [0.05, 0.1) is 22.1 Å². The molecule has 6 aliphatic rings. The van der Waals surface area contributed by atoms with Crippen molar-refractivity contribution in [3.8, 4) is 67.1 Å². The highest BCUT2D eigenvalue weighted by Gasteiger charge is 2.56. The summed E-state index contributed by atoms with van der Waals surface area (Å²) >= 11 is 0. The Labute approximate surface area is 555 Å². The molecule has 5 heterocycles. The molecule has 460 valence electrons. The van der Waals surface area contributed by atoms with Gasteiger partial charge in [0.2, 0.25) is 0 Å². The van der Waals surface area contributed by atoms with Crippen molar-refractivity contribution in [1.29, 1.82) is 0 Å². The molecule has 0 saturated heterocycles. The second kappa shape index (κ2) is 18.3. The average molecular weight is 1220 g/mol. The van der Waals surface area contributed by atoms with E-state index < -0.39 is 5.41 Å². The minimum Gasteiger partial charge on any atom is -0.310 e. The van der Waals surface area contributed by atoms with Crippen molar-refractivity contribution in [2.45, 2.75) is 161 Å². The van der Waals surface area contributed by atoms with E-state index in [1.807, 2.05) is 0 Å². The normalized spacial score (nSPS) is 17.5. The molecule has 3 aliphatic heterocycles. The molecule has 0 atom stereocenters. The molecular weight excluding hydrogens is 1130 g/mol. The Kier molecular flexibility index (Phi) is 11.0. The van der Waals surface area contributed by atoms with E-state index in [1.54, 1.807) is 0 Å². The fourth-order valence-electron chi connectivity index (χ4n) is 19.5. The molecule has 0 saturated carbocycles. The lowest BCUT2D eigenvalue weighted by atomic mass is 9.33. The van der Waals surface area contributed by atoms with Gasteiger partial charge in [0.1, 0.15) is 0 Å². The first-order valence-electron chi connectivity index (χ1n) is 35.0. The maximum atomic E-state index is 2.88. The van der Waals surface area contributed by atoms with Gasteiger partial charge in [-0.2, -0.15) is 0 Å². The Morgan fingerprint density at radius 1 is 0.340 bits per heavy atom. The van der Waals surface area contributed by atoms with E-state index in [-0.39, 0.29) is 39.2 Å². The molecule has 0 fully saturated rings. The lowest BCUT2D eigenvalue weighted by Gasteiger charge is -2.44. The molecule has 0 bridgehead atoms. The predicted octanol–water partition coefficient (Wildman–Crippen LogP) is 21.7. The van der Waals surface area contributed by atoms with Gasteiger partial charge in [0.25, 0.3) is 6.71 Å². The van der Waals surface area contributed by atoms with Crippen LogP contribution >= 0.6 is 0 Å². The first-order valence-corrected chi connectivity index (χ1v) is 35.0. The van der Waals surface area contributed by atoms with Gasteiger partial charge < -0.3 is 9.13 Å². The molecule has 19 rings (SSSR count). The van der Waals surface area contributed by atoms with Crippen molar-refractivity contribution < 1.29 is 0 Å². The number of aromatic nitrogens is 2. The first kappa shape index (κ1) is 56.6. The Morgan fingerprint density at radius 2 is 0.819 bits per heavy atom. The van der Waals surface area contributed by atoms with Crippen LogP contribution < -0.4 is 16.4 Å². The third kappa shape index (κ3) is 7.19. The fourth-order valence-corrected chi connectivity index (χ4v) is 19.5. The van der Waals surface area contributed by atoms with Crippen molar-refractivity contribution in [3.05, 3.63) is 256 Å². The lowest BCUT2D eigenvalue weighted by molar-refractivity contribution is 0.332. The van der Waals surface area contributed by atoms with Crippen LogP contribution in [0, 0.1) is 0 Å². The zero-order chi connectivity index (χ0) is 64.4. The van der Waals surface area contributed by atoms with Gasteiger partial charge in [-0.3, -0.25) is 0 Å². The smallest absolute Gasteiger partial charge is 0.253 e. The van der Waals surface area contributed by atoms with E-state index >= 15 is 0 Å². The standard InChI is InChI=1S/C91H83BN2/c1-85(2,3)55-44-63-64-45-56(86(4,5)6)47-75-81(64)94-80(63)74(46-55)91(67-35-25-23-33-58(67)59-34-24-26-36-68(59)91)69-37-38-76-79(84(69)94)92(75)78-57-32-22-21-31-54(57)43-66-77(62-50-72-70(87(7,8)39-41-89(72,11)12)48-60(62)52-27-17-15-18-28-52)82(93(76)83(66)78)65-51-73-71(88(9,10)40-42-90(73,13)14)49-61(65)53-29-19-16-20-30-53/h15-38,43-51H,39-42H2,1-14H3. The molecule has 2 nitrogen and oxygen atoms in total. The summed E-state index contributed by atoms with van der Waals surface area (Å²) in [6, 6.07) is 80.7. The van der Waals surface area contributed by atoms with E-state index in [1.165, 1.54) is 183 Å². The Hall–Kier alpha value is -8.92. The maximum absolute atomic E-state index is 2.88. The molecule has 0 amide bonds. The average Bonchev–Trinajstić information content (AvgIpc) is 1.42. The van der Waals surface area contributed by atoms with Crippen molar-refractivity contribution >= 4 is 66.6 Å². The van der Waals surface area contributed by atoms with Crippen LogP contribution in [0.4, 0.5) is 0 Å². The van der Waals surface area contributed by atoms with Crippen LogP contribution in [0.15, 0.2) is 200 Å². The van der Waals surface area contributed by atoms with Crippen molar-refractivity contribution in [3.63, 3.8) is 0 Å². The second-order valence-corrected chi connectivity index (χ2v) is 34.0. The summed E-state index contributed by atoms with van der Waals surface area (Å²) < 4.78 is 5.72. The van der Waals surface area contributed by atoms with E-state index in [0.717, 1.165) is 25.7 Å². The molecule has 1 spiro atoms. The quantitative estimate of drug-likeness (QED) is 0.155. The minimum absolute atomic E-state index is 0.00654. The minimum atomic E-state index is -0.624. The van der Waals surface area contributed by atoms with Gasteiger partial charge in [-0.05, 0) is 228 Å². The third-order valence-electron chi connectivity index (χ3n) is 24.7. The van der Waals surface area contributed by atoms with Crippen molar-refractivity contribution in [1.82, 2.24) is 9.13 Å². The predicted molar refractivity (Wildman–Crippen MR) is 400 cm³/mol. The largest absolute Gasteiger partial charge is 0.310 e. The number of benzene rings is 11. The number of rotatable bonds is 4. The summed E-state index contributed by atoms with van der Waals surface area (Å²) in [5.74, 6) is 0. The number of nitrogens with zero attached hydrogens (tertiary/aromatic N) is 2. The highest BCUT2D eigenvalue weighted by molar-refractivity contribution is 7.01. The third-order valence-corrected chi connectivity index (χ3v) is 24.7. The van der Waals surface area contributed by atoms with Crippen molar-refractivity contribution in [2.75, 3.05) is 0 Å². The Balaban J connectivity index is 1.08. The van der Waals surface area contributed by atoms with Crippen LogP contribution in [0.5, 0.6) is 0 Å². The molecule has 13 aromatic rings. The topological polar surface area (TPSA) is 9.86 Å². The fraction of sp³-hybridized carbons (Fsp3) is 0.275. The van der Waals surface area contributed by atoms with Crippen LogP contribution in [0.3, 0.4) is 0 Å². The molecule has 94 heavy (non-hydrogen) atoms. The van der Waals surface area contributed by atoms with E-state index in [9.17, 15) is 0 Å². The number of hydrogen-bond acceptors (Lipinski definition) is 0. The van der Waals surface area contributed by atoms with Gasteiger partial charge in [0, 0.05) is 44.2 Å². The molecule has 11 aromatic carbocycles. The molecule has 3 heteroatoms. The van der Waals surface area contributed by atoms with E-state index in [2.05, 4.69) is 306 Å². The molecular formula is C91H83BN2. The lowest BCUT2D eigenvalue weighted by Crippen LogP contribution is -2.61. The van der Waals surface area contributed by atoms with Crippen LogP contribution in [-0.4, -0.2) is 15.8 Å². The number of fused-ring (bicyclic) bond motifs is 15. The summed E-state index contributed by atoms with van der Waals surface area (Å²) in [6.45, 7) is 34.5. The summed E-state index contributed by atoms with van der Waals surface area (Å²) in [5, 5.41) is 6.64. The number of hydrogen-bond donors (Lipinski definition) is 0. The van der Waals surface area contributed by atoms with Crippen LogP contribution in [0.2, 0.25) is 0 Å². The van der Waals surface area contributed by atoms with Crippen LogP contribution in [0.1, 0.15) is 178 Å². The molecule has 0 radical (unpaired) electrons. The zero-order valence-corrected chi connectivity index (χ0v) is 57.4. The van der Waals surface area contributed by atoms with E-state index in [0.29, 0.717) is 0 Å². The molecule has 3 aliphatic carbocycles. The van der Waals surface area contributed by atoms with E-state index in [4.69, 9.17) is 0 Å². The van der Waals surface area contributed by atoms with Gasteiger partial charge in [-0.1, -0.05) is 249 Å². The highest BCUT2D eigenvalue weighted by Crippen LogP contribution is 2.64. The molecule has 0 unspecified atom stereocenters. The van der Waals surface area contributed by atoms with Crippen molar-refractivity contribution in [2.24, 2.45) is 0 Å². The molecule has 2 aromatic heterocycles. The summed E-state index contributed by atoms with van der Waals surface area (Å²) in [5.41, 5.74) is 37.0. The van der Waals surface area contributed by atoms with Gasteiger partial charge in [-0.25, -0.2) is 0 Å². The zero-order valence-electron chi connectivity index (χ0n) is 57.4. The maximum Gasteiger partial charge on any atom is 0.253 e. The summed E-state index contributed by atoms with van der Waals surface area (Å²) in [7, 11) is 0. The Bertz CT molecular complexity index is 5520. The Morgan fingerprint density at radius 3 is 1.38 bits per heavy atom. The van der Waals surface area contributed by atoms with Gasteiger partial charge in [0.15, 0.2) is 0 Å². The SMILES string of the molecule is CC(C)(C)c1cc2c3c(c1)c1cc(C(C)(C)C)cc4c1n3-c1c(ccc3c1B2c1c2ccccc2cc2c(-c5cc6c(cc5-c5ccccc5)C(C)(C)CCC6(C)C)c(-c5cc6c(cc5-c5ccccc5)C(C)(C)CCC6(C)C)n-3c12)C41c2ccccc2-c2ccccc21. The highest BCUT2D eigenvalue weighted by atomic mass is 15.1. The summed E-state index contributed by atoms with van der Waals surface area (Å²) in [4.78, 5) is 0. The first-order chi connectivity index (χ1) is 44.9. The van der Waals surface area contributed by atoms with Crippen LogP contribution in [0.25, 0.3) is 111 Å². The molecule has 0 N–H and O–H groups in total. The van der Waals surface area contributed by atoms with Gasteiger partial charge >= 0.3 is 0 Å².